The number of carboxylic acids is 1. The number of aliphatic carboxylic acids is 1. The molecule has 0 spiro atoms. The van der Waals surface area contributed by atoms with Crippen molar-refractivity contribution in [1.82, 2.24) is 4.90 Å². The SMILES string of the molecule is O=C(O)[C@H]1C[C@@H](O)CCN1Cc1cccc2c1OCO2. The monoisotopic (exact) mass is 279 g/mol. The summed E-state index contributed by atoms with van der Waals surface area (Å²) in [4.78, 5) is 13.2. The largest absolute Gasteiger partial charge is 0.480 e. The average Bonchev–Trinajstić information content (AvgIpc) is 2.90. The maximum absolute atomic E-state index is 11.3. The molecule has 6 heteroatoms. The van der Waals surface area contributed by atoms with Crippen LogP contribution in [0.2, 0.25) is 0 Å². The molecule has 2 aliphatic rings. The lowest BCUT2D eigenvalue weighted by molar-refractivity contribution is -0.147. The summed E-state index contributed by atoms with van der Waals surface area (Å²) in [7, 11) is 0. The van der Waals surface area contributed by atoms with E-state index in [0.717, 1.165) is 5.56 Å². The van der Waals surface area contributed by atoms with Crippen LogP contribution in [0.15, 0.2) is 18.2 Å². The Kier molecular flexibility index (Phi) is 3.50. The second-order valence-electron chi connectivity index (χ2n) is 5.15. The molecule has 0 saturated carbocycles. The van der Waals surface area contributed by atoms with Crippen LogP contribution >= 0.6 is 0 Å². The highest BCUT2D eigenvalue weighted by atomic mass is 16.7. The molecule has 2 N–H and O–H groups in total. The van der Waals surface area contributed by atoms with Crippen molar-refractivity contribution in [2.24, 2.45) is 0 Å². The number of ether oxygens (including phenoxy) is 2. The van der Waals surface area contributed by atoms with Crippen molar-refractivity contribution < 1.29 is 24.5 Å². The van der Waals surface area contributed by atoms with Crippen molar-refractivity contribution in [3.05, 3.63) is 23.8 Å². The van der Waals surface area contributed by atoms with Crippen LogP contribution in [-0.2, 0) is 11.3 Å². The van der Waals surface area contributed by atoms with E-state index in [1.165, 1.54) is 0 Å². The van der Waals surface area contributed by atoms with Crippen LogP contribution in [0.5, 0.6) is 11.5 Å². The Hall–Kier alpha value is -1.79. The van der Waals surface area contributed by atoms with Crippen molar-refractivity contribution in [1.29, 1.82) is 0 Å². The van der Waals surface area contributed by atoms with Crippen LogP contribution in [0.4, 0.5) is 0 Å². The number of aliphatic hydroxyl groups excluding tert-OH is 1. The van der Waals surface area contributed by atoms with E-state index in [0.29, 0.717) is 31.0 Å². The fraction of sp³-hybridized carbons (Fsp3) is 0.500. The van der Waals surface area contributed by atoms with Gasteiger partial charge in [-0.1, -0.05) is 12.1 Å². The van der Waals surface area contributed by atoms with Gasteiger partial charge in [0.05, 0.1) is 6.10 Å². The maximum atomic E-state index is 11.3. The first-order chi connectivity index (χ1) is 9.65. The van der Waals surface area contributed by atoms with Gasteiger partial charge in [0, 0.05) is 18.7 Å². The van der Waals surface area contributed by atoms with Gasteiger partial charge in [-0.2, -0.15) is 0 Å². The highest BCUT2D eigenvalue weighted by molar-refractivity contribution is 5.73. The molecule has 1 aromatic rings. The number of para-hydroxylation sites is 1. The minimum atomic E-state index is -0.895. The first-order valence-electron chi connectivity index (χ1n) is 6.67. The van der Waals surface area contributed by atoms with Gasteiger partial charge in [0.2, 0.25) is 6.79 Å². The van der Waals surface area contributed by atoms with Crippen molar-refractivity contribution >= 4 is 5.97 Å². The summed E-state index contributed by atoms with van der Waals surface area (Å²) in [6.07, 6.45) is 0.325. The van der Waals surface area contributed by atoms with E-state index in [4.69, 9.17) is 9.47 Å². The minimum absolute atomic E-state index is 0.202. The summed E-state index contributed by atoms with van der Waals surface area (Å²) >= 11 is 0. The van der Waals surface area contributed by atoms with Gasteiger partial charge in [-0.15, -0.1) is 0 Å². The summed E-state index contributed by atoms with van der Waals surface area (Å²) in [6.45, 7) is 1.24. The van der Waals surface area contributed by atoms with Gasteiger partial charge in [0.25, 0.3) is 0 Å². The number of hydrogen-bond acceptors (Lipinski definition) is 5. The number of hydrogen-bond donors (Lipinski definition) is 2. The number of fused-ring (bicyclic) bond motifs is 1. The predicted molar refractivity (Wildman–Crippen MR) is 69.6 cm³/mol. The molecule has 0 amide bonds. The Bertz CT molecular complexity index is 518. The van der Waals surface area contributed by atoms with E-state index in [2.05, 4.69) is 0 Å². The van der Waals surface area contributed by atoms with Crippen molar-refractivity contribution in [2.45, 2.75) is 31.5 Å². The first kappa shape index (κ1) is 13.2. The molecule has 108 valence electrons. The number of aliphatic hydroxyl groups is 1. The predicted octanol–water partition coefficient (Wildman–Crippen LogP) is 0.825. The third-order valence-electron chi connectivity index (χ3n) is 3.82. The molecule has 0 aliphatic carbocycles. The van der Waals surface area contributed by atoms with Crippen LogP contribution in [0.25, 0.3) is 0 Å². The topological polar surface area (TPSA) is 79.2 Å². The van der Waals surface area contributed by atoms with Crippen molar-refractivity contribution in [3.8, 4) is 11.5 Å². The minimum Gasteiger partial charge on any atom is -0.480 e. The van der Waals surface area contributed by atoms with Gasteiger partial charge in [-0.05, 0) is 18.9 Å². The molecule has 20 heavy (non-hydrogen) atoms. The second kappa shape index (κ2) is 5.30. The molecule has 0 radical (unpaired) electrons. The zero-order valence-corrected chi connectivity index (χ0v) is 11.0. The van der Waals surface area contributed by atoms with Gasteiger partial charge in [-0.3, -0.25) is 9.69 Å². The molecule has 2 heterocycles. The maximum Gasteiger partial charge on any atom is 0.321 e. The number of rotatable bonds is 3. The molecule has 1 saturated heterocycles. The number of nitrogens with zero attached hydrogens (tertiary/aromatic N) is 1. The van der Waals surface area contributed by atoms with E-state index in [-0.39, 0.29) is 13.2 Å². The smallest absolute Gasteiger partial charge is 0.321 e. The van der Waals surface area contributed by atoms with Gasteiger partial charge in [0.1, 0.15) is 6.04 Å². The second-order valence-corrected chi connectivity index (χ2v) is 5.15. The number of carboxylic acid groups (broad SMARTS) is 1. The molecule has 0 bridgehead atoms. The molecule has 1 fully saturated rings. The lowest BCUT2D eigenvalue weighted by Gasteiger charge is -2.35. The lowest BCUT2D eigenvalue weighted by Crippen LogP contribution is -2.48. The molecule has 0 unspecified atom stereocenters. The van der Waals surface area contributed by atoms with E-state index in [1.807, 2.05) is 23.1 Å². The normalized spacial score (nSPS) is 25.6. The molecule has 1 aromatic carbocycles. The molecule has 0 aromatic heterocycles. The fourth-order valence-electron chi connectivity index (χ4n) is 2.78. The zero-order valence-electron chi connectivity index (χ0n) is 11.0. The summed E-state index contributed by atoms with van der Waals surface area (Å²) in [5.74, 6) is 0.502. The average molecular weight is 279 g/mol. The van der Waals surface area contributed by atoms with Crippen LogP contribution in [0.1, 0.15) is 18.4 Å². The Morgan fingerprint density at radius 3 is 3.05 bits per heavy atom. The summed E-state index contributed by atoms with van der Waals surface area (Å²) in [6, 6.07) is 4.96. The Morgan fingerprint density at radius 2 is 2.25 bits per heavy atom. The summed E-state index contributed by atoms with van der Waals surface area (Å²) in [5, 5.41) is 18.9. The van der Waals surface area contributed by atoms with Gasteiger partial charge in [-0.25, -0.2) is 0 Å². The number of benzene rings is 1. The van der Waals surface area contributed by atoms with Gasteiger partial charge < -0.3 is 19.7 Å². The van der Waals surface area contributed by atoms with Gasteiger partial charge >= 0.3 is 5.97 Å². The highest BCUT2D eigenvalue weighted by Crippen LogP contribution is 2.36. The standard InChI is InChI=1S/C14H17NO5/c16-10-4-5-15(11(6-10)14(17)18)7-9-2-1-3-12-13(9)20-8-19-12/h1-3,10-11,16H,4-8H2,(H,17,18)/t10-,11+/m0/s1. The van der Waals surface area contributed by atoms with Crippen LogP contribution in [0, 0.1) is 0 Å². The van der Waals surface area contributed by atoms with E-state index in [1.54, 1.807) is 0 Å². The number of likely N-dealkylation sites (tertiary alicyclic amines) is 1. The van der Waals surface area contributed by atoms with Gasteiger partial charge in [0.15, 0.2) is 11.5 Å². The third-order valence-corrected chi connectivity index (χ3v) is 3.82. The molecule has 3 rings (SSSR count). The first-order valence-corrected chi connectivity index (χ1v) is 6.67. The van der Waals surface area contributed by atoms with Crippen molar-refractivity contribution in [2.75, 3.05) is 13.3 Å². The molecule has 2 atom stereocenters. The van der Waals surface area contributed by atoms with Crippen LogP contribution in [-0.4, -0.2) is 46.6 Å². The number of carbonyl (C=O) groups is 1. The van der Waals surface area contributed by atoms with E-state index < -0.39 is 18.1 Å². The molecule has 6 nitrogen and oxygen atoms in total. The Labute approximate surface area is 116 Å². The van der Waals surface area contributed by atoms with Crippen molar-refractivity contribution in [3.63, 3.8) is 0 Å². The molecular weight excluding hydrogens is 262 g/mol. The van der Waals surface area contributed by atoms with Crippen LogP contribution < -0.4 is 9.47 Å². The van der Waals surface area contributed by atoms with E-state index in [9.17, 15) is 15.0 Å². The fourth-order valence-corrected chi connectivity index (χ4v) is 2.78. The molecular formula is C14H17NO5. The molecule has 2 aliphatic heterocycles. The summed E-state index contributed by atoms with van der Waals surface area (Å²) in [5.41, 5.74) is 0.919. The third kappa shape index (κ3) is 2.44. The van der Waals surface area contributed by atoms with Crippen LogP contribution in [0.3, 0.4) is 0 Å². The lowest BCUT2D eigenvalue weighted by atomic mass is 9.98. The Morgan fingerprint density at radius 1 is 1.40 bits per heavy atom. The van der Waals surface area contributed by atoms with E-state index >= 15 is 0 Å². The zero-order chi connectivity index (χ0) is 14.1. The quantitative estimate of drug-likeness (QED) is 0.853. The summed E-state index contributed by atoms with van der Waals surface area (Å²) < 4.78 is 10.8. The Balaban J connectivity index is 1.80. The number of piperidine rings is 1. The highest BCUT2D eigenvalue weighted by Gasteiger charge is 2.33.